The normalized spacial score (nSPS) is 17.7. The number of Topliss-reactive ketones (excluding diaryl/α,β-unsaturated/α-hetero) is 1. The third-order valence-corrected chi connectivity index (χ3v) is 4.85. The smallest absolute Gasteiger partial charge is 0.309 e. The Morgan fingerprint density at radius 1 is 0.815 bits per heavy atom. The summed E-state index contributed by atoms with van der Waals surface area (Å²) in [5, 5.41) is 11.3. The minimum absolute atomic E-state index is 0.0994. The summed E-state index contributed by atoms with van der Waals surface area (Å²) in [4.78, 5) is 25.5. The second-order valence-corrected chi connectivity index (χ2v) is 6.60. The van der Waals surface area contributed by atoms with Crippen LogP contribution in [0.4, 0.5) is 0 Å². The second kappa shape index (κ2) is 6.82. The molecule has 0 amide bonds. The molecule has 1 aliphatic carbocycles. The van der Waals surface area contributed by atoms with Crippen LogP contribution in [0.1, 0.15) is 27.9 Å². The number of esters is 1. The Morgan fingerprint density at radius 2 is 1.41 bits per heavy atom. The van der Waals surface area contributed by atoms with Gasteiger partial charge in [-0.25, -0.2) is 0 Å². The van der Waals surface area contributed by atoms with Crippen LogP contribution in [0.2, 0.25) is 0 Å². The summed E-state index contributed by atoms with van der Waals surface area (Å²) in [6.45, 7) is 0.0994. The van der Waals surface area contributed by atoms with E-state index in [4.69, 9.17) is 4.74 Å². The lowest BCUT2D eigenvalue weighted by Gasteiger charge is -2.33. The fraction of sp³-hybridized carbons (Fsp3) is 0.130. The molecule has 0 aromatic heterocycles. The molecule has 3 aromatic carbocycles. The maximum Gasteiger partial charge on any atom is 0.309 e. The molecule has 0 bridgehead atoms. The molecule has 1 atom stereocenters. The highest BCUT2D eigenvalue weighted by atomic mass is 16.5. The predicted octanol–water partition coefficient (Wildman–Crippen LogP) is 3.87. The first-order valence-corrected chi connectivity index (χ1v) is 8.75. The fourth-order valence-corrected chi connectivity index (χ4v) is 3.51. The summed E-state index contributed by atoms with van der Waals surface area (Å²) in [5.74, 6) is -1.10. The molecule has 27 heavy (non-hydrogen) atoms. The molecule has 0 saturated carbocycles. The van der Waals surface area contributed by atoms with Crippen LogP contribution >= 0.6 is 0 Å². The SMILES string of the molecule is O=C(C[C@@]1(O)C(=O)c2ccccc2-c2ccccc21)OCc1ccccc1. The molecule has 0 aliphatic heterocycles. The summed E-state index contributed by atoms with van der Waals surface area (Å²) < 4.78 is 5.30. The van der Waals surface area contributed by atoms with E-state index in [2.05, 4.69) is 0 Å². The van der Waals surface area contributed by atoms with Crippen molar-refractivity contribution in [1.29, 1.82) is 0 Å². The van der Waals surface area contributed by atoms with Crippen molar-refractivity contribution in [1.82, 2.24) is 0 Å². The molecule has 0 spiro atoms. The minimum atomic E-state index is -1.93. The maximum atomic E-state index is 13.1. The van der Waals surface area contributed by atoms with Crippen LogP contribution in [-0.2, 0) is 21.7 Å². The first-order chi connectivity index (χ1) is 13.1. The number of benzene rings is 3. The van der Waals surface area contributed by atoms with Crippen LogP contribution in [0.3, 0.4) is 0 Å². The first-order valence-electron chi connectivity index (χ1n) is 8.75. The van der Waals surface area contributed by atoms with Gasteiger partial charge < -0.3 is 9.84 Å². The van der Waals surface area contributed by atoms with E-state index in [1.165, 1.54) is 0 Å². The van der Waals surface area contributed by atoms with Gasteiger partial charge in [0.15, 0.2) is 11.4 Å². The molecular formula is C23H18O4. The van der Waals surface area contributed by atoms with Crippen molar-refractivity contribution in [2.24, 2.45) is 0 Å². The van der Waals surface area contributed by atoms with Crippen molar-refractivity contribution in [2.75, 3.05) is 0 Å². The third kappa shape index (κ3) is 3.04. The summed E-state index contributed by atoms with van der Waals surface area (Å²) in [7, 11) is 0. The zero-order valence-electron chi connectivity index (χ0n) is 14.6. The minimum Gasteiger partial charge on any atom is -0.461 e. The number of ketones is 1. The first kappa shape index (κ1) is 17.2. The number of hydrogen-bond acceptors (Lipinski definition) is 4. The van der Waals surface area contributed by atoms with Crippen molar-refractivity contribution < 1.29 is 19.4 Å². The number of carbonyl (C=O) groups excluding carboxylic acids is 2. The van der Waals surface area contributed by atoms with E-state index in [1.54, 1.807) is 24.3 Å². The molecule has 1 N–H and O–H groups in total. The maximum absolute atomic E-state index is 13.1. The van der Waals surface area contributed by atoms with E-state index >= 15 is 0 Å². The van der Waals surface area contributed by atoms with Crippen LogP contribution in [-0.4, -0.2) is 16.9 Å². The number of ether oxygens (including phenoxy) is 1. The van der Waals surface area contributed by atoms with Crippen molar-refractivity contribution in [3.05, 3.63) is 95.6 Å². The number of fused-ring (bicyclic) bond motifs is 3. The Kier molecular flexibility index (Phi) is 4.34. The van der Waals surface area contributed by atoms with Crippen LogP contribution in [0.15, 0.2) is 78.9 Å². The van der Waals surface area contributed by atoms with Gasteiger partial charge in [0.1, 0.15) is 6.61 Å². The van der Waals surface area contributed by atoms with Gasteiger partial charge in [0.05, 0.1) is 6.42 Å². The van der Waals surface area contributed by atoms with Crippen molar-refractivity contribution >= 4 is 11.8 Å². The molecule has 0 fully saturated rings. The number of aliphatic hydroxyl groups is 1. The van der Waals surface area contributed by atoms with Crippen LogP contribution < -0.4 is 0 Å². The summed E-state index contributed by atoms with van der Waals surface area (Å²) in [5.41, 5.74) is 1.28. The molecule has 4 nitrogen and oxygen atoms in total. The van der Waals surface area contributed by atoms with Crippen LogP contribution in [0.5, 0.6) is 0 Å². The van der Waals surface area contributed by atoms with E-state index in [9.17, 15) is 14.7 Å². The Hall–Kier alpha value is -3.24. The Morgan fingerprint density at radius 3 is 2.15 bits per heavy atom. The number of carbonyl (C=O) groups is 2. The zero-order valence-corrected chi connectivity index (χ0v) is 14.6. The van der Waals surface area contributed by atoms with Crippen LogP contribution in [0.25, 0.3) is 11.1 Å². The molecule has 0 radical (unpaired) electrons. The Bertz CT molecular complexity index is 1010. The molecule has 4 rings (SSSR count). The molecule has 3 aromatic rings. The molecule has 0 saturated heterocycles. The van der Waals surface area contributed by atoms with Gasteiger partial charge in [-0.1, -0.05) is 78.9 Å². The van der Waals surface area contributed by atoms with Gasteiger partial charge in [0.2, 0.25) is 0 Å². The monoisotopic (exact) mass is 358 g/mol. The van der Waals surface area contributed by atoms with Crippen molar-refractivity contribution in [3.8, 4) is 11.1 Å². The molecule has 4 heteroatoms. The van der Waals surface area contributed by atoms with Gasteiger partial charge in [-0.15, -0.1) is 0 Å². The van der Waals surface area contributed by atoms with Gasteiger partial charge in [0, 0.05) is 5.56 Å². The molecule has 0 unspecified atom stereocenters. The highest BCUT2D eigenvalue weighted by molar-refractivity contribution is 6.12. The Balaban J connectivity index is 1.63. The van der Waals surface area contributed by atoms with Crippen molar-refractivity contribution in [2.45, 2.75) is 18.6 Å². The van der Waals surface area contributed by atoms with E-state index in [1.807, 2.05) is 54.6 Å². The van der Waals surface area contributed by atoms with Gasteiger partial charge in [0.25, 0.3) is 0 Å². The van der Waals surface area contributed by atoms with E-state index in [0.717, 1.165) is 16.7 Å². The summed E-state index contributed by atoms with van der Waals surface area (Å²) in [6.07, 6.45) is -0.427. The number of hydrogen-bond donors (Lipinski definition) is 1. The molecule has 134 valence electrons. The Labute approximate surface area is 157 Å². The zero-order chi connectivity index (χ0) is 18.9. The van der Waals surface area contributed by atoms with E-state index in [0.29, 0.717) is 11.1 Å². The summed E-state index contributed by atoms with van der Waals surface area (Å²) in [6, 6.07) is 23.5. The van der Waals surface area contributed by atoms with Crippen LogP contribution in [0, 0.1) is 0 Å². The number of rotatable bonds is 4. The largest absolute Gasteiger partial charge is 0.461 e. The molecule has 0 heterocycles. The lowest BCUT2D eigenvalue weighted by atomic mass is 9.73. The quantitative estimate of drug-likeness (QED) is 0.719. The average molecular weight is 358 g/mol. The lowest BCUT2D eigenvalue weighted by molar-refractivity contribution is -0.149. The predicted molar refractivity (Wildman–Crippen MR) is 101 cm³/mol. The standard InChI is InChI=1S/C23H18O4/c24-21(27-15-16-8-2-1-3-9-16)14-23(26)20-13-7-6-11-18(20)17-10-4-5-12-19(17)22(23)25/h1-13,26H,14-15H2/t23-/m0/s1. The van der Waals surface area contributed by atoms with Crippen molar-refractivity contribution in [3.63, 3.8) is 0 Å². The molecular weight excluding hydrogens is 340 g/mol. The van der Waals surface area contributed by atoms with E-state index in [-0.39, 0.29) is 6.61 Å². The lowest BCUT2D eigenvalue weighted by Crippen LogP contribution is -2.41. The highest BCUT2D eigenvalue weighted by Gasteiger charge is 2.46. The molecule has 1 aliphatic rings. The van der Waals surface area contributed by atoms with Gasteiger partial charge in [-0.05, 0) is 22.3 Å². The van der Waals surface area contributed by atoms with E-state index < -0.39 is 23.8 Å². The van der Waals surface area contributed by atoms with Gasteiger partial charge in [-0.2, -0.15) is 0 Å². The average Bonchev–Trinajstić information content (AvgIpc) is 2.72. The highest BCUT2D eigenvalue weighted by Crippen LogP contribution is 2.43. The fourth-order valence-electron chi connectivity index (χ4n) is 3.51. The second-order valence-electron chi connectivity index (χ2n) is 6.60. The summed E-state index contributed by atoms with van der Waals surface area (Å²) >= 11 is 0. The van der Waals surface area contributed by atoms with Gasteiger partial charge in [-0.3, -0.25) is 9.59 Å². The van der Waals surface area contributed by atoms with Gasteiger partial charge >= 0.3 is 5.97 Å². The topological polar surface area (TPSA) is 63.6 Å². The third-order valence-electron chi connectivity index (χ3n) is 4.85.